The second kappa shape index (κ2) is 32.6. The molecule has 2 aromatic rings. The van der Waals surface area contributed by atoms with Gasteiger partial charge < -0.3 is 20.0 Å². The molecule has 0 spiro atoms. The average Bonchev–Trinajstić information content (AvgIpc) is 3.80. The molecule has 0 amide bonds. The number of hydrogen-bond donors (Lipinski definition) is 2. The monoisotopic (exact) mass is 1020 g/mol. The first-order valence-corrected chi connectivity index (χ1v) is 30.6. The van der Waals surface area contributed by atoms with Crippen molar-refractivity contribution in [3.8, 4) is 0 Å². The predicted molar refractivity (Wildman–Crippen MR) is 312 cm³/mol. The first kappa shape index (κ1) is 60.1. The zero-order valence-corrected chi connectivity index (χ0v) is 47.6. The van der Waals surface area contributed by atoms with E-state index in [9.17, 15) is 19.8 Å². The van der Waals surface area contributed by atoms with Gasteiger partial charge in [0.25, 0.3) is 0 Å². The van der Waals surface area contributed by atoms with Crippen molar-refractivity contribution in [2.45, 2.75) is 263 Å². The summed E-state index contributed by atoms with van der Waals surface area (Å²) >= 11 is 7.76. The number of aliphatic carboxylic acids is 2. The average molecular weight is 1020 g/mol. The molecule has 2 aliphatic heterocycles. The second-order valence-corrected chi connectivity index (χ2v) is 22.9. The fourth-order valence-corrected chi connectivity index (χ4v) is 13.4. The summed E-state index contributed by atoms with van der Waals surface area (Å²) in [6.07, 6.45) is 46.6. The van der Waals surface area contributed by atoms with E-state index in [1.807, 2.05) is 0 Å². The molecule has 6 nitrogen and oxygen atoms in total. The maximum absolute atomic E-state index is 12.3. The standard InChI is InChI=1S/C66H101ClN2O4/c1-6-11-15-19-23-31-45-65(46-32-24-20-16-12-7-2)56-35-27-29-37-58(56)68(49-43-62(70)71)60(65)41-39-54-51-53(10-5)52-55(64(54)67)40-42-61-66(47-33-25-21-17-13-8-3,48-34-26-22-18-14-9-4)57-36-28-30-38-59(57)69(61)50-44-63(72)73/h27-30,35-42,53,60H,6-26,31-34,43-52H2,1-5H3,(H,70,71)(H,72,73)/b41-39+,55-40+,61-42+. The van der Waals surface area contributed by atoms with Crippen molar-refractivity contribution in [2.75, 3.05) is 22.9 Å². The van der Waals surface area contributed by atoms with Crippen LogP contribution in [-0.4, -0.2) is 41.3 Å². The number of unbranched alkanes of at least 4 members (excludes halogenated alkanes) is 20. The minimum atomic E-state index is -0.769. The van der Waals surface area contributed by atoms with Crippen LogP contribution in [0.25, 0.3) is 0 Å². The summed E-state index contributed by atoms with van der Waals surface area (Å²) < 4.78 is 0. The minimum absolute atomic E-state index is 0.0217. The van der Waals surface area contributed by atoms with Crippen molar-refractivity contribution in [2.24, 2.45) is 5.92 Å². The van der Waals surface area contributed by atoms with E-state index in [2.05, 4.69) is 117 Å². The molecule has 1 aliphatic carbocycles. The normalized spacial score (nSPS) is 19.2. The number of rotatable bonds is 38. The number of carboxylic acids is 2. The van der Waals surface area contributed by atoms with E-state index in [1.54, 1.807) is 0 Å². The lowest BCUT2D eigenvalue weighted by atomic mass is 9.69. The van der Waals surface area contributed by atoms with Crippen LogP contribution in [0.3, 0.4) is 0 Å². The highest BCUT2D eigenvalue weighted by atomic mass is 35.5. The van der Waals surface area contributed by atoms with Gasteiger partial charge in [-0.3, -0.25) is 9.59 Å². The van der Waals surface area contributed by atoms with Gasteiger partial charge in [0.2, 0.25) is 0 Å². The number of benzene rings is 2. The van der Waals surface area contributed by atoms with Gasteiger partial charge in [-0.25, -0.2) is 0 Å². The van der Waals surface area contributed by atoms with Crippen molar-refractivity contribution in [3.63, 3.8) is 0 Å². The molecule has 5 rings (SSSR count). The number of carbonyl (C=O) groups is 2. The van der Waals surface area contributed by atoms with Crippen molar-refractivity contribution in [1.82, 2.24) is 0 Å². The van der Waals surface area contributed by atoms with Gasteiger partial charge in [0.1, 0.15) is 0 Å². The molecule has 2 heterocycles. The van der Waals surface area contributed by atoms with Gasteiger partial charge in [0, 0.05) is 46.0 Å². The highest BCUT2D eigenvalue weighted by Crippen LogP contribution is 2.55. The Kier molecular flexibility index (Phi) is 26.9. The number of anilines is 2. The lowest BCUT2D eigenvalue weighted by Gasteiger charge is -2.39. The smallest absolute Gasteiger partial charge is 0.305 e. The van der Waals surface area contributed by atoms with E-state index >= 15 is 0 Å². The van der Waals surface area contributed by atoms with E-state index in [0.717, 1.165) is 68.4 Å². The van der Waals surface area contributed by atoms with Gasteiger partial charge >= 0.3 is 11.9 Å². The fraction of sp³-hybridized carbons (Fsp3) is 0.667. The lowest BCUT2D eigenvalue weighted by Crippen LogP contribution is -2.44. The van der Waals surface area contributed by atoms with Crippen LogP contribution in [0, 0.1) is 5.92 Å². The van der Waals surface area contributed by atoms with Crippen LogP contribution in [0.5, 0.6) is 0 Å². The Morgan fingerprint density at radius 3 is 1.56 bits per heavy atom. The van der Waals surface area contributed by atoms with E-state index in [4.69, 9.17) is 11.6 Å². The van der Waals surface area contributed by atoms with Crippen LogP contribution in [0.1, 0.15) is 258 Å². The highest BCUT2D eigenvalue weighted by Gasteiger charge is 2.49. The van der Waals surface area contributed by atoms with Crippen LogP contribution >= 0.6 is 11.6 Å². The third kappa shape index (κ3) is 17.1. The summed E-state index contributed by atoms with van der Waals surface area (Å²) in [6.45, 7) is 12.4. The fourth-order valence-electron chi connectivity index (χ4n) is 13.1. The number of carboxylic acid groups (broad SMARTS) is 2. The Labute approximate surface area is 450 Å². The predicted octanol–water partition coefficient (Wildman–Crippen LogP) is 19.5. The topological polar surface area (TPSA) is 81.1 Å². The molecule has 0 radical (unpaired) electrons. The van der Waals surface area contributed by atoms with Crippen molar-refractivity contribution in [3.05, 3.63) is 106 Å². The third-order valence-corrected chi connectivity index (χ3v) is 17.7. The van der Waals surface area contributed by atoms with Crippen LogP contribution in [0.4, 0.5) is 11.4 Å². The first-order valence-electron chi connectivity index (χ1n) is 30.3. The van der Waals surface area contributed by atoms with Crippen LogP contribution in [0.2, 0.25) is 0 Å². The molecule has 3 aliphatic rings. The summed E-state index contributed by atoms with van der Waals surface area (Å²) in [5, 5.41) is 21.1. The molecule has 0 aromatic heterocycles. The van der Waals surface area contributed by atoms with Crippen LogP contribution in [-0.2, 0) is 20.4 Å². The van der Waals surface area contributed by atoms with Gasteiger partial charge in [-0.15, -0.1) is 0 Å². The summed E-state index contributed by atoms with van der Waals surface area (Å²) in [5.41, 5.74) is 8.39. The van der Waals surface area contributed by atoms with E-state index in [-0.39, 0.29) is 29.7 Å². The highest BCUT2D eigenvalue weighted by molar-refractivity contribution is 6.32. The van der Waals surface area contributed by atoms with Gasteiger partial charge in [-0.05, 0) is 84.9 Å². The van der Waals surface area contributed by atoms with Crippen LogP contribution in [0.15, 0.2) is 94.7 Å². The molecule has 2 N–H and O–H groups in total. The molecular formula is C66H101ClN2O4. The van der Waals surface area contributed by atoms with E-state index < -0.39 is 11.9 Å². The van der Waals surface area contributed by atoms with Gasteiger partial charge in [0.05, 0.1) is 18.9 Å². The Morgan fingerprint density at radius 2 is 1.04 bits per heavy atom. The molecule has 0 bridgehead atoms. The molecule has 0 saturated heterocycles. The van der Waals surface area contributed by atoms with Gasteiger partial charge in [-0.1, -0.05) is 261 Å². The molecule has 2 unspecified atom stereocenters. The molecule has 0 saturated carbocycles. The summed E-state index contributed by atoms with van der Waals surface area (Å²) in [6, 6.07) is 17.9. The number of hydrogen-bond acceptors (Lipinski definition) is 4. The third-order valence-electron chi connectivity index (χ3n) is 17.2. The SMILES string of the molecule is CCCCCCCCC1(CCCCCCCC)/C(=C\C=C2/CC(CC)CC(/C=C/C3N(CCC(=O)O)c4ccccc4C3(CCCCCCCC)CCCCCCCC)=C2Cl)N(CCC(=O)O)c2ccccc21. The molecule has 2 aromatic carbocycles. The number of allylic oxidation sites excluding steroid dienone is 7. The lowest BCUT2D eigenvalue weighted by molar-refractivity contribution is -0.137. The molecule has 7 heteroatoms. The molecule has 0 fully saturated rings. The van der Waals surface area contributed by atoms with E-state index in [1.165, 1.54) is 175 Å². The Hall–Kier alpha value is -3.77. The van der Waals surface area contributed by atoms with Crippen molar-refractivity contribution >= 4 is 34.9 Å². The Balaban J connectivity index is 1.61. The molecule has 406 valence electrons. The molecular weight excluding hydrogens is 920 g/mol. The zero-order chi connectivity index (χ0) is 52.3. The second-order valence-electron chi connectivity index (χ2n) is 22.5. The number of para-hydroxylation sites is 2. The summed E-state index contributed by atoms with van der Waals surface area (Å²) in [5.74, 6) is -1.09. The summed E-state index contributed by atoms with van der Waals surface area (Å²) in [4.78, 5) is 29.4. The summed E-state index contributed by atoms with van der Waals surface area (Å²) in [7, 11) is 0. The van der Waals surface area contributed by atoms with Crippen LogP contribution < -0.4 is 9.80 Å². The molecule has 2 atom stereocenters. The molecule has 73 heavy (non-hydrogen) atoms. The number of halogens is 1. The quantitative estimate of drug-likeness (QED) is 0.0653. The maximum atomic E-state index is 12.3. The van der Waals surface area contributed by atoms with Gasteiger partial charge in [-0.2, -0.15) is 0 Å². The Morgan fingerprint density at radius 1 is 0.575 bits per heavy atom. The van der Waals surface area contributed by atoms with Crippen molar-refractivity contribution in [1.29, 1.82) is 0 Å². The number of nitrogens with zero attached hydrogens (tertiary/aromatic N) is 2. The largest absolute Gasteiger partial charge is 0.481 e. The van der Waals surface area contributed by atoms with Gasteiger partial charge in [0.15, 0.2) is 0 Å². The number of fused-ring (bicyclic) bond motifs is 2. The van der Waals surface area contributed by atoms with Crippen molar-refractivity contribution < 1.29 is 19.8 Å². The maximum Gasteiger partial charge on any atom is 0.305 e. The zero-order valence-electron chi connectivity index (χ0n) is 46.8. The van der Waals surface area contributed by atoms with E-state index in [0.29, 0.717) is 19.0 Å². The Bertz CT molecular complexity index is 2050. The first-order chi connectivity index (χ1) is 35.6. The minimum Gasteiger partial charge on any atom is -0.481 e.